The molecule has 4 nitrogen and oxygen atoms in total. The van der Waals surface area contributed by atoms with Crippen LogP contribution in [0.2, 0.25) is 0 Å². The van der Waals surface area contributed by atoms with Crippen LogP contribution in [0.5, 0.6) is 0 Å². The lowest BCUT2D eigenvalue weighted by Gasteiger charge is -2.08. The van der Waals surface area contributed by atoms with E-state index in [0.717, 1.165) is 11.0 Å². The van der Waals surface area contributed by atoms with Gasteiger partial charge in [-0.2, -0.15) is 13.2 Å². The Morgan fingerprint density at radius 1 is 1.00 bits per heavy atom. The van der Waals surface area contributed by atoms with Gasteiger partial charge in [-0.15, -0.1) is 0 Å². The van der Waals surface area contributed by atoms with E-state index in [1.165, 1.54) is 12.1 Å². The zero-order valence-corrected chi connectivity index (χ0v) is 11.0. The molecular weight excluding hydrogens is 297 g/mol. The number of nitrogens with one attached hydrogen (secondary N) is 1. The first-order chi connectivity index (χ1) is 10.4. The van der Waals surface area contributed by atoms with E-state index in [4.69, 9.17) is 5.21 Å². The molecule has 7 heteroatoms. The number of benzene rings is 2. The van der Waals surface area contributed by atoms with Gasteiger partial charge >= 0.3 is 6.18 Å². The van der Waals surface area contributed by atoms with Crippen LogP contribution in [0, 0.1) is 0 Å². The zero-order valence-electron chi connectivity index (χ0n) is 11.0. The third-order valence-corrected chi connectivity index (χ3v) is 3.32. The first kappa shape index (κ1) is 14.3. The minimum absolute atomic E-state index is 0.0752. The Kier molecular flexibility index (Phi) is 3.22. The SMILES string of the molecule is O=C1c2ccccc2-c2ccc(N=C(NO)C(F)(F)F)cc21. The second-order valence-electron chi connectivity index (χ2n) is 4.67. The Morgan fingerprint density at radius 2 is 1.64 bits per heavy atom. The molecule has 0 heterocycles. The average molecular weight is 306 g/mol. The topological polar surface area (TPSA) is 61.7 Å². The number of carbonyl (C=O) groups excluding carboxylic acids is 1. The smallest absolute Gasteiger partial charge is 0.290 e. The van der Waals surface area contributed by atoms with E-state index in [-0.39, 0.29) is 11.5 Å². The summed E-state index contributed by atoms with van der Waals surface area (Å²) in [6, 6.07) is 11.1. The highest BCUT2D eigenvalue weighted by Crippen LogP contribution is 2.38. The molecule has 0 amide bonds. The number of halogens is 3. The predicted molar refractivity (Wildman–Crippen MR) is 73.4 cm³/mol. The fourth-order valence-electron chi connectivity index (χ4n) is 2.37. The molecule has 0 spiro atoms. The number of amidine groups is 1. The van der Waals surface area contributed by atoms with Crippen molar-refractivity contribution in [1.82, 2.24) is 5.48 Å². The molecule has 0 atom stereocenters. The zero-order chi connectivity index (χ0) is 15.9. The molecule has 0 saturated carbocycles. The third kappa shape index (κ3) is 2.25. The summed E-state index contributed by atoms with van der Waals surface area (Å²) in [5.41, 5.74) is 3.16. The average Bonchev–Trinajstić information content (AvgIpc) is 2.77. The molecule has 3 rings (SSSR count). The number of carbonyl (C=O) groups is 1. The Hall–Kier alpha value is -2.67. The van der Waals surface area contributed by atoms with Crippen LogP contribution in [0.15, 0.2) is 47.5 Å². The van der Waals surface area contributed by atoms with E-state index < -0.39 is 12.0 Å². The monoisotopic (exact) mass is 306 g/mol. The lowest BCUT2D eigenvalue weighted by molar-refractivity contribution is -0.0677. The number of rotatable bonds is 1. The minimum atomic E-state index is -4.82. The van der Waals surface area contributed by atoms with Gasteiger partial charge in [0.25, 0.3) is 0 Å². The van der Waals surface area contributed by atoms with Crippen molar-refractivity contribution in [3.05, 3.63) is 53.6 Å². The van der Waals surface area contributed by atoms with Gasteiger partial charge in [-0.25, -0.2) is 10.5 Å². The fraction of sp³-hybridized carbons (Fsp3) is 0.0667. The lowest BCUT2D eigenvalue weighted by atomic mass is 10.1. The van der Waals surface area contributed by atoms with Crippen LogP contribution in [0.3, 0.4) is 0 Å². The van der Waals surface area contributed by atoms with Crippen LogP contribution in [-0.2, 0) is 0 Å². The Balaban J connectivity index is 2.08. The van der Waals surface area contributed by atoms with E-state index in [0.29, 0.717) is 16.7 Å². The Bertz CT molecular complexity index is 798. The highest BCUT2D eigenvalue weighted by atomic mass is 19.4. The largest absolute Gasteiger partial charge is 0.451 e. The summed E-state index contributed by atoms with van der Waals surface area (Å²) in [6.07, 6.45) is -4.82. The van der Waals surface area contributed by atoms with E-state index in [1.54, 1.807) is 30.3 Å². The van der Waals surface area contributed by atoms with Crippen molar-refractivity contribution in [1.29, 1.82) is 0 Å². The van der Waals surface area contributed by atoms with Gasteiger partial charge < -0.3 is 0 Å². The Morgan fingerprint density at radius 3 is 2.27 bits per heavy atom. The molecule has 0 bridgehead atoms. The number of nitrogens with zero attached hydrogens (tertiary/aromatic N) is 1. The molecular formula is C15H9F3N2O2. The van der Waals surface area contributed by atoms with Crippen LogP contribution in [0.4, 0.5) is 18.9 Å². The summed E-state index contributed by atoms with van der Waals surface area (Å²) >= 11 is 0. The van der Waals surface area contributed by atoms with Gasteiger partial charge in [0.1, 0.15) is 0 Å². The molecule has 2 N–H and O–H groups in total. The van der Waals surface area contributed by atoms with Crippen LogP contribution < -0.4 is 5.48 Å². The fourth-order valence-corrected chi connectivity index (χ4v) is 2.37. The van der Waals surface area contributed by atoms with Crippen molar-refractivity contribution >= 4 is 17.3 Å². The molecule has 112 valence electrons. The predicted octanol–water partition coefficient (Wildman–Crippen LogP) is 3.47. The second-order valence-corrected chi connectivity index (χ2v) is 4.67. The van der Waals surface area contributed by atoms with Crippen molar-refractivity contribution in [3.8, 4) is 11.1 Å². The van der Waals surface area contributed by atoms with Gasteiger partial charge in [-0.05, 0) is 23.3 Å². The van der Waals surface area contributed by atoms with Crippen molar-refractivity contribution in [2.45, 2.75) is 6.18 Å². The number of hydroxylamine groups is 1. The first-order valence-electron chi connectivity index (χ1n) is 6.26. The molecule has 22 heavy (non-hydrogen) atoms. The van der Waals surface area contributed by atoms with Gasteiger partial charge in [-0.1, -0.05) is 30.3 Å². The van der Waals surface area contributed by atoms with Crippen molar-refractivity contribution in [2.24, 2.45) is 4.99 Å². The van der Waals surface area contributed by atoms with Gasteiger partial charge in [0.05, 0.1) is 5.69 Å². The molecule has 2 aromatic rings. The summed E-state index contributed by atoms with van der Waals surface area (Å²) in [5.74, 6) is -1.80. The van der Waals surface area contributed by atoms with Crippen LogP contribution in [0.1, 0.15) is 15.9 Å². The van der Waals surface area contributed by atoms with Crippen LogP contribution >= 0.6 is 0 Å². The van der Waals surface area contributed by atoms with Crippen molar-refractivity contribution in [2.75, 3.05) is 0 Å². The second kappa shape index (κ2) is 4.96. The molecule has 2 aromatic carbocycles. The molecule has 0 aromatic heterocycles. The van der Waals surface area contributed by atoms with Crippen LogP contribution in [0.25, 0.3) is 11.1 Å². The number of ketones is 1. The highest BCUT2D eigenvalue weighted by Gasteiger charge is 2.36. The lowest BCUT2D eigenvalue weighted by Crippen LogP contribution is -2.34. The number of hydrogen-bond donors (Lipinski definition) is 2. The van der Waals surface area contributed by atoms with E-state index in [1.807, 2.05) is 0 Å². The highest BCUT2D eigenvalue weighted by molar-refractivity contribution is 6.22. The molecule has 1 aliphatic carbocycles. The third-order valence-electron chi connectivity index (χ3n) is 3.32. The van der Waals surface area contributed by atoms with Gasteiger partial charge in [0, 0.05) is 11.1 Å². The maximum atomic E-state index is 12.6. The van der Waals surface area contributed by atoms with Gasteiger partial charge in [-0.3, -0.25) is 10.0 Å². The van der Waals surface area contributed by atoms with E-state index >= 15 is 0 Å². The number of aliphatic imine (C=N–C) groups is 1. The maximum absolute atomic E-state index is 12.6. The van der Waals surface area contributed by atoms with E-state index in [9.17, 15) is 18.0 Å². The van der Waals surface area contributed by atoms with Gasteiger partial charge in [0.15, 0.2) is 5.78 Å². The summed E-state index contributed by atoms with van der Waals surface area (Å²) in [6.45, 7) is 0. The van der Waals surface area contributed by atoms with Gasteiger partial charge in [0.2, 0.25) is 5.84 Å². The molecule has 0 saturated heterocycles. The first-order valence-corrected chi connectivity index (χ1v) is 6.26. The van der Waals surface area contributed by atoms with Crippen molar-refractivity contribution < 1.29 is 23.2 Å². The van der Waals surface area contributed by atoms with Crippen molar-refractivity contribution in [3.63, 3.8) is 0 Å². The normalized spacial score (nSPS) is 13.8. The summed E-state index contributed by atoms with van der Waals surface area (Å²) < 4.78 is 37.7. The summed E-state index contributed by atoms with van der Waals surface area (Å²) in [7, 11) is 0. The molecule has 0 fully saturated rings. The number of fused-ring (bicyclic) bond motifs is 3. The summed E-state index contributed by atoms with van der Waals surface area (Å²) in [4.78, 5) is 15.6. The van der Waals surface area contributed by atoms with Crippen LogP contribution in [-0.4, -0.2) is 23.0 Å². The molecule has 1 aliphatic rings. The molecule has 0 unspecified atom stereocenters. The summed E-state index contributed by atoms with van der Waals surface area (Å²) in [5, 5.41) is 8.54. The standard InChI is InChI=1S/C15H9F3N2O2/c16-15(17,18)14(20-22)19-8-5-6-10-9-3-1-2-4-11(9)13(21)12(10)7-8/h1-7,22H,(H,19,20). The Labute approximate surface area is 122 Å². The quantitative estimate of drug-likeness (QED) is 0.411. The number of hydrogen-bond acceptors (Lipinski definition) is 3. The maximum Gasteiger partial charge on any atom is 0.451 e. The minimum Gasteiger partial charge on any atom is -0.290 e. The molecule has 0 radical (unpaired) electrons. The molecule has 0 aliphatic heterocycles. The van der Waals surface area contributed by atoms with E-state index in [2.05, 4.69) is 4.99 Å². The number of alkyl halides is 3.